The Bertz CT molecular complexity index is 794. The number of rotatable bonds is 9. The molecule has 0 bridgehead atoms. The first kappa shape index (κ1) is 18.9. The fourth-order valence-corrected chi connectivity index (χ4v) is 2.63. The SMILES string of the molecule is CCS(=O)(=O)NCCNc1nc(C)cc(Nc2ccc(OC)cc2)n1. The molecule has 0 fully saturated rings. The van der Waals surface area contributed by atoms with Gasteiger partial charge in [0, 0.05) is 30.5 Å². The number of aromatic nitrogens is 2. The van der Waals surface area contributed by atoms with E-state index >= 15 is 0 Å². The van der Waals surface area contributed by atoms with Gasteiger partial charge in [-0.3, -0.25) is 0 Å². The molecular formula is C16H23N5O3S. The van der Waals surface area contributed by atoms with E-state index < -0.39 is 10.0 Å². The third kappa shape index (κ3) is 6.20. The number of hydrogen-bond donors (Lipinski definition) is 3. The molecule has 0 aliphatic rings. The smallest absolute Gasteiger partial charge is 0.224 e. The second kappa shape index (κ2) is 8.63. The van der Waals surface area contributed by atoms with Crippen molar-refractivity contribution in [2.24, 2.45) is 0 Å². The quantitative estimate of drug-likeness (QED) is 0.583. The Labute approximate surface area is 148 Å². The highest BCUT2D eigenvalue weighted by molar-refractivity contribution is 7.89. The van der Waals surface area contributed by atoms with Gasteiger partial charge in [0.2, 0.25) is 16.0 Å². The van der Waals surface area contributed by atoms with Gasteiger partial charge in [-0.15, -0.1) is 0 Å². The molecule has 0 radical (unpaired) electrons. The maximum absolute atomic E-state index is 11.4. The van der Waals surface area contributed by atoms with Crippen molar-refractivity contribution in [3.63, 3.8) is 0 Å². The molecule has 0 amide bonds. The topological polar surface area (TPSA) is 105 Å². The molecule has 3 N–H and O–H groups in total. The number of benzene rings is 1. The molecule has 0 saturated heterocycles. The first-order chi connectivity index (χ1) is 11.9. The van der Waals surface area contributed by atoms with E-state index in [4.69, 9.17) is 4.74 Å². The number of aryl methyl sites for hydroxylation is 1. The number of ether oxygens (including phenoxy) is 1. The van der Waals surface area contributed by atoms with Gasteiger partial charge in [0.05, 0.1) is 12.9 Å². The summed E-state index contributed by atoms with van der Waals surface area (Å²) in [4.78, 5) is 8.68. The zero-order valence-corrected chi connectivity index (χ0v) is 15.4. The summed E-state index contributed by atoms with van der Waals surface area (Å²) in [6.07, 6.45) is 0. The maximum atomic E-state index is 11.4. The number of nitrogens with one attached hydrogen (secondary N) is 3. The molecule has 1 heterocycles. The molecule has 8 nitrogen and oxygen atoms in total. The van der Waals surface area contributed by atoms with E-state index in [0.717, 1.165) is 17.1 Å². The molecule has 2 rings (SSSR count). The van der Waals surface area contributed by atoms with Crippen LogP contribution in [0.1, 0.15) is 12.6 Å². The van der Waals surface area contributed by atoms with E-state index in [1.807, 2.05) is 37.3 Å². The minimum atomic E-state index is -3.19. The fraction of sp³-hybridized carbons (Fsp3) is 0.375. The highest BCUT2D eigenvalue weighted by Crippen LogP contribution is 2.19. The van der Waals surface area contributed by atoms with Crippen molar-refractivity contribution in [1.29, 1.82) is 0 Å². The summed E-state index contributed by atoms with van der Waals surface area (Å²) in [5.74, 6) is 1.92. The van der Waals surface area contributed by atoms with Crippen molar-refractivity contribution in [3.8, 4) is 5.75 Å². The lowest BCUT2D eigenvalue weighted by Gasteiger charge is -2.11. The van der Waals surface area contributed by atoms with E-state index in [-0.39, 0.29) is 12.3 Å². The van der Waals surface area contributed by atoms with Crippen molar-refractivity contribution in [3.05, 3.63) is 36.0 Å². The number of anilines is 3. The number of hydrogen-bond acceptors (Lipinski definition) is 7. The van der Waals surface area contributed by atoms with E-state index in [9.17, 15) is 8.42 Å². The molecule has 1 aromatic carbocycles. The Kier molecular flexibility index (Phi) is 6.54. The van der Waals surface area contributed by atoms with Crippen LogP contribution in [0.4, 0.5) is 17.5 Å². The van der Waals surface area contributed by atoms with Crippen molar-refractivity contribution >= 4 is 27.5 Å². The van der Waals surface area contributed by atoms with E-state index in [1.54, 1.807) is 14.0 Å². The molecule has 0 saturated carbocycles. The summed E-state index contributed by atoms with van der Waals surface area (Å²) in [6, 6.07) is 9.33. The van der Waals surface area contributed by atoms with Gasteiger partial charge in [-0.05, 0) is 38.1 Å². The second-order valence-electron chi connectivity index (χ2n) is 5.30. The Morgan fingerprint density at radius 2 is 1.84 bits per heavy atom. The molecular weight excluding hydrogens is 342 g/mol. The molecule has 2 aromatic rings. The molecule has 9 heteroatoms. The predicted molar refractivity (Wildman–Crippen MR) is 99.0 cm³/mol. The number of methoxy groups -OCH3 is 1. The average molecular weight is 365 g/mol. The molecule has 1 aromatic heterocycles. The lowest BCUT2D eigenvalue weighted by Crippen LogP contribution is -2.30. The molecule has 25 heavy (non-hydrogen) atoms. The molecule has 0 unspecified atom stereocenters. The second-order valence-corrected chi connectivity index (χ2v) is 7.39. The largest absolute Gasteiger partial charge is 0.497 e. The summed E-state index contributed by atoms with van der Waals surface area (Å²) in [6.45, 7) is 4.13. The number of nitrogens with zero attached hydrogens (tertiary/aromatic N) is 2. The highest BCUT2D eigenvalue weighted by atomic mass is 32.2. The summed E-state index contributed by atoms with van der Waals surface area (Å²) >= 11 is 0. The van der Waals surface area contributed by atoms with Crippen LogP contribution in [0.15, 0.2) is 30.3 Å². The van der Waals surface area contributed by atoms with Gasteiger partial charge in [-0.1, -0.05) is 0 Å². The normalized spacial score (nSPS) is 11.2. The van der Waals surface area contributed by atoms with Gasteiger partial charge in [0.25, 0.3) is 0 Å². The van der Waals surface area contributed by atoms with Gasteiger partial charge in [0.1, 0.15) is 11.6 Å². The van der Waals surface area contributed by atoms with Crippen molar-refractivity contribution in [2.75, 3.05) is 36.6 Å². The van der Waals surface area contributed by atoms with Crippen molar-refractivity contribution < 1.29 is 13.2 Å². The minimum Gasteiger partial charge on any atom is -0.497 e. The van der Waals surface area contributed by atoms with Crippen LogP contribution in [0.2, 0.25) is 0 Å². The first-order valence-electron chi connectivity index (χ1n) is 7.90. The Morgan fingerprint density at radius 1 is 1.12 bits per heavy atom. The van der Waals surface area contributed by atoms with Gasteiger partial charge < -0.3 is 15.4 Å². The Morgan fingerprint density at radius 3 is 2.48 bits per heavy atom. The summed E-state index contributed by atoms with van der Waals surface area (Å²) < 4.78 is 30.4. The lowest BCUT2D eigenvalue weighted by atomic mass is 10.3. The zero-order chi connectivity index (χ0) is 18.3. The maximum Gasteiger partial charge on any atom is 0.224 e. The van der Waals surface area contributed by atoms with E-state index in [0.29, 0.717) is 18.3 Å². The average Bonchev–Trinajstić information content (AvgIpc) is 2.59. The predicted octanol–water partition coefficient (Wildman–Crippen LogP) is 1.89. The lowest BCUT2D eigenvalue weighted by molar-refractivity contribution is 0.415. The van der Waals surface area contributed by atoms with Crippen LogP contribution in [-0.4, -0.2) is 44.3 Å². The van der Waals surface area contributed by atoms with E-state index in [1.165, 1.54) is 0 Å². The van der Waals surface area contributed by atoms with E-state index in [2.05, 4.69) is 25.3 Å². The van der Waals surface area contributed by atoms with Gasteiger partial charge in [0.15, 0.2) is 0 Å². The molecule has 0 aliphatic carbocycles. The first-order valence-corrected chi connectivity index (χ1v) is 9.55. The third-order valence-corrected chi connectivity index (χ3v) is 4.73. The van der Waals surface area contributed by atoms with Gasteiger partial charge in [-0.25, -0.2) is 18.1 Å². The minimum absolute atomic E-state index is 0.0594. The van der Waals surface area contributed by atoms with Crippen LogP contribution in [0.3, 0.4) is 0 Å². The molecule has 0 atom stereocenters. The van der Waals surface area contributed by atoms with Gasteiger partial charge >= 0.3 is 0 Å². The molecule has 136 valence electrons. The summed E-state index contributed by atoms with van der Waals surface area (Å²) in [7, 11) is -1.57. The Balaban J connectivity index is 1.96. The summed E-state index contributed by atoms with van der Waals surface area (Å²) in [5, 5.41) is 6.22. The van der Waals surface area contributed by atoms with Crippen molar-refractivity contribution in [2.45, 2.75) is 13.8 Å². The molecule has 0 aliphatic heterocycles. The van der Waals surface area contributed by atoms with Crippen molar-refractivity contribution in [1.82, 2.24) is 14.7 Å². The Hall–Kier alpha value is -2.39. The molecule has 0 spiro atoms. The van der Waals surface area contributed by atoms with Crippen LogP contribution in [-0.2, 0) is 10.0 Å². The van der Waals surface area contributed by atoms with Crippen LogP contribution in [0.25, 0.3) is 0 Å². The summed E-state index contributed by atoms with van der Waals surface area (Å²) in [5.41, 5.74) is 1.67. The monoisotopic (exact) mass is 365 g/mol. The third-order valence-electron chi connectivity index (χ3n) is 3.33. The standard InChI is InChI=1S/C16H23N5O3S/c1-4-25(22,23)18-10-9-17-16-19-12(2)11-15(21-16)20-13-5-7-14(24-3)8-6-13/h5-8,11,18H,4,9-10H2,1-3H3,(H2,17,19,20,21). The van der Waals surface area contributed by atoms with Crippen LogP contribution >= 0.6 is 0 Å². The highest BCUT2D eigenvalue weighted by Gasteiger charge is 2.06. The van der Waals surface area contributed by atoms with Crippen LogP contribution < -0.4 is 20.1 Å². The zero-order valence-electron chi connectivity index (χ0n) is 14.5. The van der Waals surface area contributed by atoms with Crippen LogP contribution in [0.5, 0.6) is 5.75 Å². The van der Waals surface area contributed by atoms with Crippen LogP contribution in [0, 0.1) is 6.92 Å². The number of sulfonamides is 1. The fourth-order valence-electron chi connectivity index (χ4n) is 2.02. The van der Waals surface area contributed by atoms with Gasteiger partial charge in [-0.2, -0.15) is 4.98 Å².